The average molecular weight is 308 g/mol. The first kappa shape index (κ1) is 16.9. The molecule has 1 aromatic rings. The number of hydrogen-bond donors (Lipinski definition) is 0. The molecule has 0 saturated carbocycles. The van der Waals surface area contributed by atoms with Gasteiger partial charge in [-0.2, -0.15) is 10.3 Å². The largest absolute Gasteiger partial charge is 0.442 e. The summed E-state index contributed by atoms with van der Waals surface area (Å²) >= 11 is 0. The molecule has 0 N–H and O–H groups in total. The lowest BCUT2D eigenvalue weighted by molar-refractivity contribution is 0.0605. The van der Waals surface area contributed by atoms with Crippen molar-refractivity contribution in [2.24, 2.45) is 4.99 Å². The van der Waals surface area contributed by atoms with Crippen molar-refractivity contribution in [3.8, 4) is 6.07 Å². The normalized spacial score (nSPS) is 12.1. The Morgan fingerprint density at radius 3 is 2.48 bits per heavy atom. The van der Waals surface area contributed by atoms with Crippen LogP contribution in [0, 0.1) is 11.3 Å². The molecule has 1 rings (SSSR count). The highest BCUT2D eigenvalue weighted by molar-refractivity contribution is 7.90. The zero-order valence-electron chi connectivity index (χ0n) is 12.2. The molecule has 21 heavy (non-hydrogen) atoms. The first-order valence-corrected chi connectivity index (χ1v) is 7.93. The van der Waals surface area contributed by atoms with Crippen LogP contribution in [-0.2, 0) is 14.6 Å². The second kappa shape index (κ2) is 6.06. The maximum Gasteiger partial charge on any atom is 0.434 e. The van der Waals surface area contributed by atoms with Crippen molar-refractivity contribution < 1.29 is 17.9 Å². The summed E-state index contributed by atoms with van der Waals surface area (Å²) in [6.45, 7) is 5.10. The first-order valence-electron chi connectivity index (χ1n) is 6.04. The molecular formula is C14H16N2O4S. The zero-order valence-corrected chi connectivity index (χ0v) is 13.1. The standard InChI is InChI=1S/C14H16N2O4S/c1-14(2,3)20-13(17)16-9-11-6-5-10(8-15)7-12(11)21(4,18)19/h5-7,9H,1-4H3/b16-9-. The number of sulfone groups is 1. The van der Waals surface area contributed by atoms with Crippen molar-refractivity contribution in [3.63, 3.8) is 0 Å². The van der Waals surface area contributed by atoms with Gasteiger partial charge >= 0.3 is 6.09 Å². The summed E-state index contributed by atoms with van der Waals surface area (Å²) in [5, 5.41) is 8.81. The number of aliphatic imine (C=N–C) groups is 1. The zero-order chi connectivity index (χ0) is 16.3. The summed E-state index contributed by atoms with van der Waals surface area (Å²) in [6, 6.07) is 5.97. The third-order valence-electron chi connectivity index (χ3n) is 2.24. The van der Waals surface area contributed by atoms with E-state index in [1.165, 1.54) is 18.2 Å². The Bertz CT molecular complexity index is 722. The summed E-state index contributed by atoms with van der Waals surface area (Å²) in [5.41, 5.74) is -0.245. The lowest BCUT2D eigenvalue weighted by Gasteiger charge is -2.17. The van der Waals surface area contributed by atoms with E-state index in [0.29, 0.717) is 0 Å². The van der Waals surface area contributed by atoms with Crippen LogP contribution in [0.4, 0.5) is 4.79 Å². The SMILES string of the molecule is CC(C)(C)OC(=O)/N=C\c1ccc(C#N)cc1S(C)(=O)=O. The summed E-state index contributed by atoms with van der Waals surface area (Å²) in [7, 11) is -3.54. The van der Waals surface area contributed by atoms with E-state index in [1.54, 1.807) is 20.8 Å². The summed E-state index contributed by atoms with van der Waals surface area (Å²) < 4.78 is 28.4. The Labute approximate surface area is 124 Å². The van der Waals surface area contributed by atoms with Crippen molar-refractivity contribution in [2.75, 3.05) is 6.26 Å². The number of carbonyl (C=O) groups is 1. The van der Waals surface area contributed by atoms with Gasteiger partial charge in [0.15, 0.2) is 9.84 Å². The molecule has 0 aliphatic rings. The molecule has 1 aromatic carbocycles. The van der Waals surface area contributed by atoms with E-state index in [0.717, 1.165) is 12.5 Å². The van der Waals surface area contributed by atoms with E-state index in [1.807, 2.05) is 6.07 Å². The van der Waals surface area contributed by atoms with E-state index in [4.69, 9.17) is 10.00 Å². The molecule has 6 nitrogen and oxygen atoms in total. The fourth-order valence-electron chi connectivity index (χ4n) is 1.44. The summed E-state index contributed by atoms with van der Waals surface area (Å²) in [4.78, 5) is 15.0. The summed E-state index contributed by atoms with van der Waals surface area (Å²) in [6.07, 6.45) is 1.33. The minimum absolute atomic E-state index is 0.0612. The van der Waals surface area contributed by atoms with Gasteiger partial charge in [0.05, 0.1) is 16.5 Å². The number of rotatable bonds is 2. The molecule has 0 fully saturated rings. The van der Waals surface area contributed by atoms with Gasteiger partial charge in [-0.3, -0.25) is 0 Å². The number of carbonyl (C=O) groups excluding carboxylic acids is 1. The van der Waals surface area contributed by atoms with Gasteiger partial charge in [-0.15, -0.1) is 0 Å². The lowest BCUT2D eigenvalue weighted by atomic mass is 10.1. The van der Waals surface area contributed by atoms with Crippen LogP contribution in [0.1, 0.15) is 31.9 Å². The van der Waals surface area contributed by atoms with Crippen molar-refractivity contribution in [1.29, 1.82) is 5.26 Å². The molecule has 0 aromatic heterocycles. The van der Waals surface area contributed by atoms with Crippen LogP contribution in [0.3, 0.4) is 0 Å². The number of nitriles is 1. The minimum Gasteiger partial charge on any atom is -0.442 e. The van der Waals surface area contributed by atoms with E-state index in [-0.39, 0.29) is 16.0 Å². The van der Waals surface area contributed by atoms with Gasteiger partial charge in [0.1, 0.15) is 5.60 Å². The predicted octanol–water partition coefficient (Wildman–Crippen LogP) is 2.32. The van der Waals surface area contributed by atoms with Crippen LogP contribution in [0.25, 0.3) is 0 Å². The van der Waals surface area contributed by atoms with Gasteiger partial charge in [-0.25, -0.2) is 13.2 Å². The fourth-order valence-corrected chi connectivity index (χ4v) is 2.33. The van der Waals surface area contributed by atoms with Crippen molar-refractivity contribution in [3.05, 3.63) is 29.3 Å². The second-order valence-corrected chi connectivity index (χ2v) is 7.36. The second-order valence-electron chi connectivity index (χ2n) is 5.38. The monoisotopic (exact) mass is 308 g/mol. The fraction of sp³-hybridized carbons (Fsp3) is 0.357. The molecule has 0 aliphatic carbocycles. The molecule has 0 heterocycles. The molecule has 1 amide bonds. The number of benzene rings is 1. The lowest BCUT2D eigenvalue weighted by Crippen LogP contribution is -2.22. The van der Waals surface area contributed by atoms with Gasteiger partial charge in [-0.05, 0) is 32.9 Å². The minimum atomic E-state index is -3.54. The van der Waals surface area contributed by atoms with E-state index < -0.39 is 21.5 Å². The molecule has 0 aliphatic heterocycles. The molecule has 7 heteroatoms. The highest BCUT2D eigenvalue weighted by Gasteiger charge is 2.16. The molecule has 0 unspecified atom stereocenters. The van der Waals surface area contributed by atoms with Gasteiger partial charge in [0.25, 0.3) is 0 Å². The van der Waals surface area contributed by atoms with E-state index in [2.05, 4.69) is 4.99 Å². The van der Waals surface area contributed by atoms with Crippen molar-refractivity contribution >= 4 is 22.1 Å². The molecular weight excluding hydrogens is 292 g/mol. The maximum atomic E-state index is 11.7. The molecule has 0 radical (unpaired) electrons. The third kappa shape index (κ3) is 5.36. The Hall–Kier alpha value is -2.20. The number of nitrogens with zero attached hydrogens (tertiary/aromatic N) is 2. The van der Waals surface area contributed by atoms with E-state index in [9.17, 15) is 13.2 Å². The van der Waals surface area contributed by atoms with Gasteiger partial charge in [0, 0.05) is 18.0 Å². The van der Waals surface area contributed by atoms with Gasteiger partial charge < -0.3 is 4.74 Å². The van der Waals surface area contributed by atoms with Crippen LogP contribution in [-0.4, -0.2) is 32.6 Å². The molecule has 0 spiro atoms. The van der Waals surface area contributed by atoms with Crippen molar-refractivity contribution in [1.82, 2.24) is 0 Å². The van der Waals surface area contributed by atoms with Crippen LogP contribution >= 0.6 is 0 Å². The Morgan fingerprint density at radius 1 is 1.38 bits per heavy atom. The highest BCUT2D eigenvalue weighted by Crippen LogP contribution is 2.16. The molecule has 112 valence electrons. The smallest absolute Gasteiger partial charge is 0.434 e. The number of hydrogen-bond acceptors (Lipinski definition) is 5. The maximum absolute atomic E-state index is 11.7. The van der Waals surface area contributed by atoms with Gasteiger partial charge in [-0.1, -0.05) is 6.07 Å². The van der Waals surface area contributed by atoms with Crippen LogP contribution < -0.4 is 0 Å². The van der Waals surface area contributed by atoms with E-state index >= 15 is 0 Å². The highest BCUT2D eigenvalue weighted by atomic mass is 32.2. The van der Waals surface area contributed by atoms with Crippen LogP contribution in [0.15, 0.2) is 28.1 Å². The quantitative estimate of drug-likeness (QED) is 0.781. The van der Waals surface area contributed by atoms with Crippen LogP contribution in [0.2, 0.25) is 0 Å². The van der Waals surface area contributed by atoms with Gasteiger partial charge in [0.2, 0.25) is 0 Å². The number of ether oxygens (including phenoxy) is 1. The summed E-state index contributed by atoms with van der Waals surface area (Å²) in [5.74, 6) is 0. The molecule has 0 atom stereocenters. The molecule has 0 bridgehead atoms. The predicted molar refractivity (Wildman–Crippen MR) is 78.1 cm³/mol. The molecule has 0 saturated heterocycles. The Balaban J connectivity index is 3.15. The Kier molecular flexibility index (Phi) is 4.86. The third-order valence-corrected chi connectivity index (χ3v) is 3.40. The van der Waals surface area contributed by atoms with Crippen molar-refractivity contribution in [2.45, 2.75) is 31.3 Å². The van der Waals surface area contributed by atoms with Crippen LogP contribution in [0.5, 0.6) is 0 Å². The first-order chi connectivity index (χ1) is 9.53. The average Bonchev–Trinajstić information content (AvgIpc) is 2.33. The Morgan fingerprint density at radius 2 is 2.00 bits per heavy atom. The topological polar surface area (TPSA) is 96.6 Å². The number of amides is 1.